The summed E-state index contributed by atoms with van der Waals surface area (Å²) in [6.45, 7) is 2.94. The molecule has 3 nitrogen and oxygen atoms in total. The largest absolute Gasteiger partial charge is 0.399 e. The van der Waals surface area contributed by atoms with Gasteiger partial charge in [0, 0.05) is 24.5 Å². The SMILES string of the molecule is CCCCCn1ccc(N)cc1=O. The zero-order valence-corrected chi connectivity index (χ0v) is 7.99. The fraction of sp³-hybridized carbons (Fsp3) is 0.500. The molecule has 0 aliphatic heterocycles. The topological polar surface area (TPSA) is 48.0 Å². The molecule has 0 bridgehead atoms. The van der Waals surface area contributed by atoms with Crippen LogP contribution in [0.1, 0.15) is 26.2 Å². The van der Waals surface area contributed by atoms with Crippen molar-refractivity contribution in [3.63, 3.8) is 0 Å². The summed E-state index contributed by atoms with van der Waals surface area (Å²) in [5.74, 6) is 0. The van der Waals surface area contributed by atoms with E-state index in [1.807, 2.05) is 0 Å². The minimum absolute atomic E-state index is 0.00361. The predicted molar refractivity (Wildman–Crippen MR) is 54.6 cm³/mol. The normalized spacial score (nSPS) is 10.2. The Kier molecular flexibility index (Phi) is 3.55. The third-order valence-electron chi connectivity index (χ3n) is 2.02. The van der Waals surface area contributed by atoms with E-state index in [0.29, 0.717) is 5.69 Å². The van der Waals surface area contributed by atoms with Gasteiger partial charge in [0.1, 0.15) is 0 Å². The molecule has 0 spiro atoms. The summed E-state index contributed by atoms with van der Waals surface area (Å²) in [5.41, 5.74) is 6.00. The Labute approximate surface area is 78.2 Å². The van der Waals surface area contributed by atoms with Crippen LogP contribution in [-0.4, -0.2) is 4.57 Å². The molecule has 0 unspecified atom stereocenters. The van der Waals surface area contributed by atoms with E-state index in [-0.39, 0.29) is 5.56 Å². The van der Waals surface area contributed by atoms with E-state index in [1.165, 1.54) is 12.5 Å². The highest BCUT2D eigenvalue weighted by Crippen LogP contribution is 1.98. The molecule has 0 fully saturated rings. The highest BCUT2D eigenvalue weighted by Gasteiger charge is 1.94. The van der Waals surface area contributed by atoms with Crippen LogP contribution in [0.2, 0.25) is 0 Å². The number of unbranched alkanes of at least 4 members (excludes halogenated alkanes) is 2. The summed E-state index contributed by atoms with van der Waals surface area (Å²) in [6.07, 6.45) is 5.15. The van der Waals surface area contributed by atoms with Gasteiger partial charge in [0.25, 0.3) is 5.56 Å². The van der Waals surface area contributed by atoms with Crippen LogP contribution in [0, 0.1) is 0 Å². The van der Waals surface area contributed by atoms with Gasteiger partial charge < -0.3 is 10.3 Å². The molecule has 2 N–H and O–H groups in total. The summed E-state index contributed by atoms with van der Waals surface area (Å²) in [7, 11) is 0. The van der Waals surface area contributed by atoms with Crippen molar-refractivity contribution < 1.29 is 0 Å². The van der Waals surface area contributed by atoms with Crippen LogP contribution < -0.4 is 11.3 Å². The fourth-order valence-corrected chi connectivity index (χ4v) is 1.24. The molecule has 1 rings (SSSR count). The number of anilines is 1. The molecular formula is C10H16N2O. The van der Waals surface area contributed by atoms with E-state index in [0.717, 1.165) is 19.4 Å². The van der Waals surface area contributed by atoms with Crippen molar-refractivity contribution >= 4 is 5.69 Å². The van der Waals surface area contributed by atoms with Crippen molar-refractivity contribution in [1.82, 2.24) is 4.57 Å². The van der Waals surface area contributed by atoms with Gasteiger partial charge in [-0.3, -0.25) is 4.79 Å². The van der Waals surface area contributed by atoms with Gasteiger partial charge in [0.05, 0.1) is 0 Å². The first-order valence-corrected chi connectivity index (χ1v) is 4.70. The summed E-state index contributed by atoms with van der Waals surface area (Å²) in [4.78, 5) is 11.3. The quantitative estimate of drug-likeness (QED) is 0.716. The lowest BCUT2D eigenvalue weighted by molar-refractivity contribution is 0.588. The number of nitrogen functional groups attached to an aromatic ring is 1. The van der Waals surface area contributed by atoms with Crippen LogP contribution in [0.25, 0.3) is 0 Å². The zero-order chi connectivity index (χ0) is 9.68. The second kappa shape index (κ2) is 4.70. The maximum absolute atomic E-state index is 11.3. The molecule has 0 aliphatic carbocycles. The van der Waals surface area contributed by atoms with Crippen molar-refractivity contribution in [2.75, 3.05) is 5.73 Å². The molecule has 0 aliphatic rings. The van der Waals surface area contributed by atoms with E-state index >= 15 is 0 Å². The van der Waals surface area contributed by atoms with Gasteiger partial charge in [0.2, 0.25) is 0 Å². The molecule has 1 aromatic heterocycles. The van der Waals surface area contributed by atoms with Crippen molar-refractivity contribution in [2.24, 2.45) is 0 Å². The highest BCUT2D eigenvalue weighted by molar-refractivity contribution is 5.34. The number of pyridine rings is 1. The van der Waals surface area contributed by atoms with Crippen LogP contribution in [0.5, 0.6) is 0 Å². The molecule has 0 amide bonds. The van der Waals surface area contributed by atoms with Gasteiger partial charge in [-0.15, -0.1) is 0 Å². The second-order valence-electron chi connectivity index (χ2n) is 3.20. The molecule has 0 saturated heterocycles. The Bertz CT molecular complexity index is 317. The van der Waals surface area contributed by atoms with Gasteiger partial charge >= 0.3 is 0 Å². The van der Waals surface area contributed by atoms with Gasteiger partial charge in [0.15, 0.2) is 0 Å². The molecule has 0 atom stereocenters. The Hall–Kier alpha value is -1.25. The third-order valence-corrected chi connectivity index (χ3v) is 2.02. The highest BCUT2D eigenvalue weighted by atomic mass is 16.1. The Morgan fingerprint density at radius 1 is 1.46 bits per heavy atom. The Morgan fingerprint density at radius 2 is 2.23 bits per heavy atom. The lowest BCUT2D eigenvalue weighted by Gasteiger charge is -2.04. The first kappa shape index (κ1) is 9.84. The summed E-state index contributed by atoms with van der Waals surface area (Å²) in [6, 6.07) is 3.22. The van der Waals surface area contributed by atoms with Crippen LogP contribution in [-0.2, 0) is 6.54 Å². The number of nitrogens with two attached hydrogens (primary N) is 1. The smallest absolute Gasteiger partial charge is 0.252 e. The van der Waals surface area contributed by atoms with Gasteiger partial charge in [-0.25, -0.2) is 0 Å². The van der Waals surface area contributed by atoms with Gasteiger partial charge in [-0.05, 0) is 12.5 Å². The number of nitrogens with zero attached hydrogens (tertiary/aromatic N) is 1. The molecule has 1 aromatic rings. The molecule has 0 radical (unpaired) electrons. The summed E-state index contributed by atoms with van der Waals surface area (Å²) >= 11 is 0. The van der Waals surface area contributed by atoms with E-state index in [1.54, 1.807) is 16.8 Å². The van der Waals surface area contributed by atoms with Crippen molar-refractivity contribution in [3.05, 3.63) is 28.7 Å². The maximum atomic E-state index is 11.3. The number of aromatic nitrogens is 1. The van der Waals surface area contributed by atoms with Crippen LogP contribution in [0.15, 0.2) is 23.1 Å². The third kappa shape index (κ3) is 2.93. The van der Waals surface area contributed by atoms with Crippen molar-refractivity contribution in [2.45, 2.75) is 32.7 Å². The number of hydrogen-bond acceptors (Lipinski definition) is 2. The lowest BCUT2D eigenvalue weighted by Crippen LogP contribution is -2.18. The van der Waals surface area contributed by atoms with E-state index in [4.69, 9.17) is 5.73 Å². The minimum Gasteiger partial charge on any atom is -0.399 e. The van der Waals surface area contributed by atoms with Crippen molar-refractivity contribution in [3.8, 4) is 0 Å². The molecule has 13 heavy (non-hydrogen) atoms. The lowest BCUT2D eigenvalue weighted by atomic mass is 10.2. The average molecular weight is 180 g/mol. The first-order chi connectivity index (χ1) is 6.24. The molecule has 1 heterocycles. The zero-order valence-electron chi connectivity index (χ0n) is 7.99. The summed E-state index contributed by atoms with van der Waals surface area (Å²) < 4.78 is 1.70. The van der Waals surface area contributed by atoms with Crippen LogP contribution >= 0.6 is 0 Å². The number of aryl methyl sites for hydroxylation is 1. The monoisotopic (exact) mass is 180 g/mol. The van der Waals surface area contributed by atoms with Crippen LogP contribution in [0.4, 0.5) is 5.69 Å². The van der Waals surface area contributed by atoms with Gasteiger partial charge in [-0.1, -0.05) is 19.8 Å². The summed E-state index contributed by atoms with van der Waals surface area (Å²) in [5, 5.41) is 0. The second-order valence-corrected chi connectivity index (χ2v) is 3.20. The molecular weight excluding hydrogens is 164 g/mol. The fourth-order valence-electron chi connectivity index (χ4n) is 1.24. The maximum Gasteiger partial charge on any atom is 0.252 e. The standard InChI is InChI=1S/C10H16N2O/c1-2-3-4-6-12-7-5-9(11)8-10(12)13/h5,7-8H,2-4,6,11H2,1H3. The number of rotatable bonds is 4. The molecule has 72 valence electrons. The van der Waals surface area contributed by atoms with E-state index in [2.05, 4.69) is 6.92 Å². The Morgan fingerprint density at radius 3 is 2.85 bits per heavy atom. The molecule has 0 saturated carbocycles. The average Bonchev–Trinajstić information content (AvgIpc) is 2.09. The minimum atomic E-state index is -0.00361. The van der Waals surface area contributed by atoms with Gasteiger partial charge in [-0.2, -0.15) is 0 Å². The van der Waals surface area contributed by atoms with E-state index in [9.17, 15) is 4.79 Å². The predicted octanol–water partition coefficient (Wildman–Crippen LogP) is 1.62. The molecule has 0 aromatic carbocycles. The Balaban J connectivity index is 2.62. The van der Waals surface area contributed by atoms with Crippen LogP contribution in [0.3, 0.4) is 0 Å². The molecule has 3 heteroatoms. The van der Waals surface area contributed by atoms with Crippen molar-refractivity contribution in [1.29, 1.82) is 0 Å². The number of hydrogen-bond donors (Lipinski definition) is 1. The van der Waals surface area contributed by atoms with E-state index < -0.39 is 0 Å². The first-order valence-electron chi connectivity index (χ1n) is 4.70.